The van der Waals surface area contributed by atoms with E-state index in [1.165, 1.54) is 18.2 Å². The van der Waals surface area contributed by atoms with Crippen molar-refractivity contribution in [1.82, 2.24) is 15.2 Å². The Kier molecular flexibility index (Phi) is 6.84. The number of fused-ring (bicyclic) bond motifs is 1. The van der Waals surface area contributed by atoms with Crippen molar-refractivity contribution in [2.75, 3.05) is 25.1 Å². The van der Waals surface area contributed by atoms with E-state index in [-0.39, 0.29) is 41.0 Å². The Balaban J connectivity index is 1.44. The van der Waals surface area contributed by atoms with Gasteiger partial charge < -0.3 is 19.9 Å². The molecular weight excluding hydrogens is 494 g/mol. The number of halogens is 2. The van der Waals surface area contributed by atoms with Crippen LogP contribution in [0, 0.1) is 11.6 Å². The summed E-state index contributed by atoms with van der Waals surface area (Å²) in [5.41, 5.74) is 4.45. The zero-order valence-electron chi connectivity index (χ0n) is 17.5. The molecule has 1 amide bonds. The van der Waals surface area contributed by atoms with Gasteiger partial charge in [0.1, 0.15) is 30.9 Å². The molecule has 2 aliphatic rings. The van der Waals surface area contributed by atoms with Crippen LogP contribution in [0.25, 0.3) is 0 Å². The highest BCUT2D eigenvalue weighted by Crippen LogP contribution is 2.34. The van der Waals surface area contributed by atoms with Crippen LogP contribution in [0.2, 0.25) is 0 Å². The number of carbonyl (C=O) groups is 1. The Morgan fingerprint density at radius 2 is 1.82 bits per heavy atom. The molecule has 4 N–H and O–H groups in total. The van der Waals surface area contributed by atoms with Gasteiger partial charge in [-0.25, -0.2) is 17.2 Å². The predicted octanol–water partition coefficient (Wildman–Crippen LogP) is 0.878. The van der Waals surface area contributed by atoms with Gasteiger partial charge >= 0.3 is 0 Å². The number of hydrogen-bond donors (Lipinski definition) is 4. The standard InChI is InChI=1S/C20H20F2N4O6S2/c21-11-1-3-15(14(22)7-11)23-20(33)25-24-19(28)16-8-12(27)10-26(16)34(29,30)13-2-4-17-18(9-13)32-6-5-31-17/h1-4,7,9,12,16,27H,5-6,8,10H2,(H,24,28)(H2,23,25,33)/t12-,16+/m1/s1. The maximum atomic E-state index is 13.8. The molecule has 0 unspecified atom stereocenters. The molecule has 14 heteroatoms. The lowest BCUT2D eigenvalue weighted by Gasteiger charge is -2.24. The summed E-state index contributed by atoms with van der Waals surface area (Å²) >= 11 is 4.98. The molecule has 2 atom stereocenters. The second kappa shape index (κ2) is 9.66. The molecule has 1 saturated heterocycles. The van der Waals surface area contributed by atoms with Crippen molar-refractivity contribution in [3.05, 3.63) is 48.0 Å². The lowest BCUT2D eigenvalue weighted by Crippen LogP contribution is -2.52. The van der Waals surface area contributed by atoms with E-state index in [0.717, 1.165) is 16.4 Å². The number of anilines is 1. The summed E-state index contributed by atoms with van der Waals surface area (Å²) in [6.07, 6.45) is -1.22. The summed E-state index contributed by atoms with van der Waals surface area (Å²) in [5.74, 6) is -1.79. The van der Waals surface area contributed by atoms with E-state index in [1.807, 2.05) is 0 Å². The van der Waals surface area contributed by atoms with Crippen LogP contribution >= 0.6 is 12.2 Å². The molecule has 2 aliphatic heterocycles. The first-order valence-corrected chi connectivity index (χ1v) is 11.9. The number of carbonyl (C=O) groups excluding carboxylic acids is 1. The summed E-state index contributed by atoms with van der Waals surface area (Å²) in [6.45, 7) is 0.320. The number of hydrogen-bond acceptors (Lipinski definition) is 7. The Morgan fingerprint density at radius 3 is 2.56 bits per heavy atom. The third-order valence-corrected chi connectivity index (χ3v) is 7.21. The van der Waals surface area contributed by atoms with E-state index in [0.29, 0.717) is 18.4 Å². The number of sulfonamides is 1. The normalized spacial score (nSPS) is 20.0. The number of rotatable bonds is 4. The largest absolute Gasteiger partial charge is 0.486 e. The highest BCUT2D eigenvalue weighted by atomic mass is 32.2. The summed E-state index contributed by atoms with van der Waals surface area (Å²) in [7, 11) is -4.18. The number of β-amino-alcohol motifs (C(OH)–C–C–N with tert-alkyl or cyclic N) is 1. The quantitative estimate of drug-likeness (QED) is 0.347. The average molecular weight is 515 g/mol. The zero-order valence-corrected chi connectivity index (χ0v) is 19.1. The van der Waals surface area contributed by atoms with E-state index in [9.17, 15) is 27.1 Å². The first-order valence-electron chi connectivity index (χ1n) is 10.1. The van der Waals surface area contributed by atoms with Crippen LogP contribution in [0.4, 0.5) is 14.5 Å². The molecule has 2 aromatic rings. The molecule has 0 bridgehead atoms. The van der Waals surface area contributed by atoms with E-state index in [2.05, 4.69) is 16.2 Å². The minimum absolute atomic E-state index is 0.124. The Labute approximate surface area is 198 Å². The van der Waals surface area contributed by atoms with Gasteiger partial charge in [0.15, 0.2) is 16.6 Å². The highest BCUT2D eigenvalue weighted by molar-refractivity contribution is 7.89. The number of hydrazine groups is 1. The summed E-state index contributed by atoms with van der Waals surface area (Å²) < 4.78 is 65.0. The van der Waals surface area contributed by atoms with Gasteiger partial charge in [0.25, 0.3) is 5.91 Å². The molecule has 1 fully saturated rings. The molecule has 2 heterocycles. The minimum atomic E-state index is -4.18. The molecule has 0 saturated carbocycles. The van der Waals surface area contributed by atoms with Gasteiger partial charge in [-0.15, -0.1) is 0 Å². The fourth-order valence-electron chi connectivity index (χ4n) is 3.55. The second-order valence-electron chi connectivity index (χ2n) is 7.48. The fourth-order valence-corrected chi connectivity index (χ4v) is 5.37. The molecular formula is C20H20F2N4O6S2. The van der Waals surface area contributed by atoms with Crippen LogP contribution < -0.4 is 25.6 Å². The molecule has 182 valence electrons. The van der Waals surface area contributed by atoms with Gasteiger partial charge in [0.2, 0.25) is 10.0 Å². The Bertz CT molecular complexity index is 1230. The van der Waals surface area contributed by atoms with Crippen molar-refractivity contribution < 1.29 is 36.6 Å². The zero-order chi connectivity index (χ0) is 24.5. The van der Waals surface area contributed by atoms with Crippen LogP contribution in [-0.4, -0.2) is 60.8 Å². The van der Waals surface area contributed by atoms with Gasteiger partial charge in [-0.3, -0.25) is 15.6 Å². The number of aliphatic hydroxyl groups is 1. The number of aliphatic hydroxyl groups excluding tert-OH is 1. The number of nitrogens with one attached hydrogen (secondary N) is 3. The van der Waals surface area contributed by atoms with E-state index in [1.54, 1.807) is 0 Å². The topological polar surface area (TPSA) is 129 Å². The lowest BCUT2D eigenvalue weighted by molar-refractivity contribution is -0.124. The van der Waals surface area contributed by atoms with Crippen molar-refractivity contribution in [1.29, 1.82) is 0 Å². The van der Waals surface area contributed by atoms with Gasteiger partial charge in [-0.05, 0) is 36.5 Å². The highest BCUT2D eigenvalue weighted by Gasteiger charge is 2.43. The maximum absolute atomic E-state index is 13.8. The van der Waals surface area contributed by atoms with Gasteiger partial charge in [-0.1, -0.05) is 0 Å². The van der Waals surface area contributed by atoms with Gasteiger partial charge in [0, 0.05) is 25.1 Å². The number of nitrogens with zero attached hydrogens (tertiary/aromatic N) is 1. The second-order valence-corrected chi connectivity index (χ2v) is 9.78. The van der Waals surface area contributed by atoms with Gasteiger partial charge in [-0.2, -0.15) is 4.31 Å². The van der Waals surface area contributed by atoms with Crippen molar-refractivity contribution in [2.45, 2.75) is 23.5 Å². The van der Waals surface area contributed by atoms with Crippen molar-refractivity contribution >= 4 is 38.9 Å². The third kappa shape index (κ3) is 5.04. The van der Waals surface area contributed by atoms with Crippen LogP contribution in [0.1, 0.15) is 6.42 Å². The first-order chi connectivity index (χ1) is 16.1. The Morgan fingerprint density at radius 1 is 1.09 bits per heavy atom. The predicted molar refractivity (Wildman–Crippen MR) is 120 cm³/mol. The van der Waals surface area contributed by atoms with Gasteiger partial charge in [0.05, 0.1) is 16.7 Å². The molecule has 0 spiro atoms. The molecule has 0 aromatic heterocycles. The monoisotopic (exact) mass is 514 g/mol. The van der Waals surface area contributed by atoms with E-state index >= 15 is 0 Å². The van der Waals surface area contributed by atoms with Crippen LogP contribution in [-0.2, 0) is 14.8 Å². The van der Waals surface area contributed by atoms with Crippen LogP contribution in [0.15, 0.2) is 41.3 Å². The number of amides is 1. The van der Waals surface area contributed by atoms with Crippen molar-refractivity contribution in [2.24, 2.45) is 0 Å². The fraction of sp³-hybridized carbons (Fsp3) is 0.300. The number of thiocarbonyl (C=S) groups is 1. The van der Waals surface area contributed by atoms with E-state index in [4.69, 9.17) is 21.7 Å². The van der Waals surface area contributed by atoms with E-state index < -0.39 is 39.7 Å². The SMILES string of the molecule is O=C(NNC(=S)Nc1ccc(F)cc1F)[C@@H]1C[C@@H](O)CN1S(=O)(=O)c1ccc2c(c1)OCCO2. The van der Waals surface area contributed by atoms with Crippen LogP contribution in [0.5, 0.6) is 11.5 Å². The molecule has 10 nitrogen and oxygen atoms in total. The minimum Gasteiger partial charge on any atom is -0.486 e. The summed E-state index contributed by atoms with van der Waals surface area (Å²) in [6, 6.07) is 5.65. The summed E-state index contributed by atoms with van der Waals surface area (Å²) in [4.78, 5) is 12.6. The third-order valence-electron chi connectivity index (χ3n) is 5.14. The maximum Gasteiger partial charge on any atom is 0.256 e. The number of ether oxygens (including phenoxy) is 2. The van der Waals surface area contributed by atoms with Crippen LogP contribution in [0.3, 0.4) is 0 Å². The average Bonchev–Trinajstić information content (AvgIpc) is 3.21. The molecule has 0 aliphatic carbocycles. The van der Waals surface area contributed by atoms with Crippen molar-refractivity contribution in [3.63, 3.8) is 0 Å². The lowest BCUT2D eigenvalue weighted by atomic mass is 10.2. The van der Waals surface area contributed by atoms with Crippen molar-refractivity contribution in [3.8, 4) is 11.5 Å². The number of benzene rings is 2. The summed E-state index contributed by atoms with van der Waals surface area (Å²) in [5, 5.41) is 12.3. The Hall–Kier alpha value is -3.07. The molecule has 34 heavy (non-hydrogen) atoms. The smallest absolute Gasteiger partial charge is 0.256 e. The first kappa shape index (κ1) is 24.1. The molecule has 0 radical (unpaired) electrons. The molecule has 2 aromatic carbocycles. The molecule has 4 rings (SSSR count).